The fourth-order valence-corrected chi connectivity index (χ4v) is 2.49. The molecule has 2 rings (SSSR count). The van der Waals surface area contributed by atoms with E-state index in [2.05, 4.69) is 35.8 Å². The molecular weight excluding hydrogens is 371 g/mol. The second-order valence-electron chi connectivity index (χ2n) is 5.61. The van der Waals surface area contributed by atoms with E-state index in [0.717, 1.165) is 55.2 Å². The standard InChI is InChI=1S/C20H28N2O2.2ClH/c1-3-21-13-8-14-22-15-18-11-7-12-19(23-2)20(18)24-16-17-9-5-4-6-10-17;;/h4-7,9-12,21-22H,3,8,13-16H2,1-2H3;2*1H. The third kappa shape index (κ3) is 8.28. The van der Waals surface area contributed by atoms with Gasteiger partial charge in [0.15, 0.2) is 11.5 Å². The summed E-state index contributed by atoms with van der Waals surface area (Å²) in [6, 6.07) is 16.2. The van der Waals surface area contributed by atoms with Crippen LogP contribution in [-0.4, -0.2) is 26.7 Å². The summed E-state index contributed by atoms with van der Waals surface area (Å²) >= 11 is 0. The molecule has 0 aliphatic carbocycles. The first kappa shape index (κ1) is 24.5. The summed E-state index contributed by atoms with van der Waals surface area (Å²) in [5, 5.41) is 6.81. The Morgan fingerprint density at radius 2 is 1.62 bits per heavy atom. The number of para-hydroxylation sites is 1. The number of halogens is 2. The minimum atomic E-state index is 0. The predicted octanol–water partition coefficient (Wildman–Crippen LogP) is 4.21. The minimum absolute atomic E-state index is 0. The molecule has 0 aliphatic rings. The minimum Gasteiger partial charge on any atom is -0.493 e. The van der Waals surface area contributed by atoms with Crippen LogP contribution < -0.4 is 20.1 Å². The van der Waals surface area contributed by atoms with Gasteiger partial charge in [-0.05, 0) is 37.7 Å². The number of ether oxygens (including phenoxy) is 2. The van der Waals surface area contributed by atoms with Crippen LogP contribution in [0.1, 0.15) is 24.5 Å². The Bertz CT molecular complexity index is 598. The molecule has 2 aromatic rings. The summed E-state index contributed by atoms with van der Waals surface area (Å²) in [5.41, 5.74) is 2.27. The fraction of sp³-hybridized carbons (Fsp3) is 0.400. The number of hydrogen-bond donors (Lipinski definition) is 2. The van der Waals surface area contributed by atoms with Crippen molar-refractivity contribution in [3.8, 4) is 11.5 Å². The summed E-state index contributed by atoms with van der Waals surface area (Å²) in [4.78, 5) is 0. The van der Waals surface area contributed by atoms with Crippen LogP contribution >= 0.6 is 24.8 Å². The van der Waals surface area contributed by atoms with Gasteiger partial charge in [0.25, 0.3) is 0 Å². The van der Waals surface area contributed by atoms with Gasteiger partial charge in [0.1, 0.15) is 6.61 Å². The Morgan fingerprint density at radius 3 is 2.31 bits per heavy atom. The van der Waals surface area contributed by atoms with Crippen molar-refractivity contribution < 1.29 is 9.47 Å². The molecule has 6 heteroatoms. The van der Waals surface area contributed by atoms with Crippen molar-refractivity contribution >= 4 is 24.8 Å². The van der Waals surface area contributed by atoms with E-state index in [1.807, 2.05) is 30.3 Å². The van der Waals surface area contributed by atoms with E-state index in [1.54, 1.807) is 7.11 Å². The van der Waals surface area contributed by atoms with Gasteiger partial charge in [-0.15, -0.1) is 24.8 Å². The monoisotopic (exact) mass is 400 g/mol. The zero-order chi connectivity index (χ0) is 17.0. The van der Waals surface area contributed by atoms with E-state index in [0.29, 0.717) is 6.61 Å². The number of hydrogen-bond acceptors (Lipinski definition) is 4. The van der Waals surface area contributed by atoms with Gasteiger partial charge >= 0.3 is 0 Å². The smallest absolute Gasteiger partial charge is 0.166 e. The molecule has 0 atom stereocenters. The van der Waals surface area contributed by atoms with Crippen LogP contribution in [0.2, 0.25) is 0 Å². The normalized spacial score (nSPS) is 9.77. The molecule has 0 saturated heterocycles. The highest BCUT2D eigenvalue weighted by Crippen LogP contribution is 2.31. The zero-order valence-electron chi connectivity index (χ0n) is 15.5. The van der Waals surface area contributed by atoms with Crippen LogP contribution in [0.3, 0.4) is 0 Å². The lowest BCUT2D eigenvalue weighted by Crippen LogP contribution is -2.21. The van der Waals surface area contributed by atoms with Crippen LogP contribution in [0.25, 0.3) is 0 Å². The number of methoxy groups -OCH3 is 1. The summed E-state index contributed by atoms with van der Waals surface area (Å²) < 4.78 is 11.5. The van der Waals surface area contributed by atoms with Crippen LogP contribution in [-0.2, 0) is 13.2 Å². The third-order valence-electron chi connectivity index (χ3n) is 3.78. The van der Waals surface area contributed by atoms with E-state index in [4.69, 9.17) is 9.47 Å². The van der Waals surface area contributed by atoms with Gasteiger partial charge < -0.3 is 20.1 Å². The predicted molar refractivity (Wildman–Crippen MR) is 113 cm³/mol. The van der Waals surface area contributed by atoms with Crippen molar-refractivity contribution in [2.75, 3.05) is 26.7 Å². The fourth-order valence-electron chi connectivity index (χ4n) is 2.49. The Labute approximate surface area is 169 Å². The van der Waals surface area contributed by atoms with Gasteiger partial charge in [-0.25, -0.2) is 0 Å². The lowest BCUT2D eigenvalue weighted by molar-refractivity contribution is 0.280. The van der Waals surface area contributed by atoms with Crippen LogP contribution in [0.5, 0.6) is 11.5 Å². The molecule has 0 bridgehead atoms. The van der Waals surface area contributed by atoms with Crippen LogP contribution in [0.4, 0.5) is 0 Å². The highest BCUT2D eigenvalue weighted by atomic mass is 35.5. The van der Waals surface area contributed by atoms with E-state index in [1.165, 1.54) is 0 Å². The first-order chi connectivity index (χ1) is 11.8. The summed E-state index contributed by atoms with van der Waals surface area (Å²) in [6.45, 7) is 6.47. The first-order valence-corrected chi connectivity index (χ1v) is 8.59. The Kier molecular flexibility index (Phi) is 13.9. The maximum absolute atomic E-state index is 6.06. The molecule has 146 valence electrons. The molecule has 0 radical (unpaired) electrons. The molecule has 0 fully saturated rings. The molecule has 0 unspecified atom stereocenters. The topological polar surface area (TPSA) is 42.5 Å². The molecule has 4 nitrogen and oxygen atoms in total. The van der Waals surface area contributed by atoms with E-state index in [-0.39, 0.29) is 24.8 Å². The van der Waals surface area contributed by atoms with Crippen molar-refractivity contribution in [1.29, 1.82) is 0 Å². The second kappa shape index (κ2) is 14.7. The quantitative estimate of drug-likeness (QED) is 0.554. The van der Waals surface area contributed by atoms with E-state index < -0.39 is 0 Å². The molecule has 0 saturated carbocycles. The highest BCUT2D eigenvalue weighted by Gasteiger charge is 2.10. The van der Waals surface area contributed by atoms with Crippen molar-refractivity contribution in [2.24, 2.45) is 0 Å². The average Bonchev–Trinajstić information content (AvgIpc) is 2.64. The van der Waals surface area contributed by atoms with Gasteiger partial charge in [0.05, 0.1) is 7.11 Å². The lowest BCUT2D eigenvalue weighted by atomic mass is 10.1. The van der Waals surface area contributed by atoms with Gasteiger partial charge in [-0.3, -0.25) is 0 Å². The average molecular weight is 401 g/mol. The largest absolute Gasteiger partial charge is 0.493 e. The number of nitrogens with one attached hydrogen (secondary N) is 2. The molecule has 0 amide bonds. The number of rotatable bonds is 11. The first-order valence-electron chi connectivity index (χ1n) is 8.59. The van der Waals surface area contributed by atoms with Gasteiger partial charge in [0, 0.05) is 12.1 Å². The Morgan fingerprint density at radius 1 is 0.885 bits per heavy atom. The summed E-state index contributed by atoms with van der Waals surface area (Å²) in [5.74, 6) is 1.60. The van der Waals surface area contributed by atoms with Crippen LogP contribution in [0.15, 0.2) is 48.5 Å². The number of benzene rings is 2. The van der Waals surface area contributed by atoms with E-state index >= 15 is 0 Å². The molecule has 2 aromatic carbocycles. The molecule has 0 aliphatic heterocycles. The van der Waals surface area contributed by atoms with Crippen molar-refractivity contribution in [1.82, 2.24) is 10.6 Å². The van der Waals surface area contributed by atoms with Crippen LogP contribution in [0, 0.1) is 0 Å². The summed E-state index contributed by atoms with van der Waals surface area (Å²) in [6.07, 6.45) is 1.11. The molecule has 0 aromatic heterocycles. The van der Waals surface area contributed by atoms with Crippen molar-refractivity contribution in [3.63, 3.8) is 0 Å². The van der Waals surface area contributed by atoms with Gasteiger partial charge in [0.2, 0.25) is 0 Å². The molecule has 2 N–H and O–H groups in total. The van der Waals surface area contributed by atoms with E-state index in [9.17, 15) is 0 Å². The molecule has 0 spiro atoms. The zero-order valence-corrected chi connectivity index (χ0v) is 17.1. The third-order valence-corrected chi connectivity index (χ3v) is 3.78. The lowest BCUT2D eigenvalue weighted by Gasteiger charge is -2.16. The maximum Gasteiger partial charge on any atom is 0.166 e. The second-order valence-corrected chi connectivity index (χ2v) is 5.61. The maximum atomic E-state index is 6.06. The molecule has 0 heterocycles. The Balaban J connectivity index is 0.00000312. The van der Waals surface area contributed by atoms with Gasteiger partial charge in [-0.1, -0.05) is 49.4 Å². The summed E-state index contributed by atoms with van der Waals surface area (Å²) in [7, 11) is 1.68. The molecular formula is C20H30Cl2N2O2. The Hall–Kier alpha value is -1.46. The van der Waals surface area contributed by atoms with Crippen molar-refractivity contribution in [2.45, 2.75) is 26.5 Å². The van der Waals surface area contributed by atoms with Gasteiger partial charge in [-0.2, -0.15) is 0 Å². The highest BCUT2D eigenvalue weighted by molar-refractivity contribution is 5.85. The molecule has 26 heavy (non-hydrogen) atoms. The SMILES string of the molecule is CCNCCCNCc1cccc(OC)c1OCc1ccccc1.Cl.Cl. The van der Waals surface area contributed by atoms with Crippen molar-refractivity contribution in [3.05, 3.63) is 59.7 Å².